The highest BCUT2D eigenvalue weighted by atomic mass is 19.1. The first-order valence-electron chi connectivity index (χ1n) is 9.32. The second-order valence-corrected chi connectivity index (χ2v) is 6.70. The zero-order chi connectivity index (χ0) is 21.1. The van der Waals surface area contributed by atoms with Gasteiger partial charge in [0.2, 0.25) is 5.88 Å². The highest BCUT2D eigenvalue weighted by molar-refractivity contribution is 6.05. The maximum absolute atomic E-state index is 13.0. The van der Waals surface area contributed by atoms with E-state index in [1.807, 2.05) is 42.7 Å². The lowest BCUT2D eigenvalue weighted by atomic mass is 10.2. The summed E-state index contributed by atoms with van der Waals surface area (Å²) in [6, 6.07) is 16.5. The second-order valence-electron chi connectivity index (χ2n) is 6.70. The molecule has 7 heteroatoms. The summed E-state index contributed by atoms with van der Waals surface area (Å²) in [5.41, 5.74) is 2.81. The molecular weight excluding hydrogens is 383 g/mol. The van der Waals surface area contributed by atoms with Crippen molar-refractivity contribution in [3.8, 4) is 17.4 Å². The molecule has 0 bridgehead atoms. The summed E-state index contributed by atoms with van der Waals surface area (Å²) in [5, 5.41) is 2.85. The minimum Gasteiger partial charge on any atom is -0.439 e. The van der Waals surface area contributed by atoms with E-state index in [9.17, 15) is 9.18 Å². The Morgan fingerprint density at radius 1 is 1.03 bits per heavy atom. The molecule has 3 aromatic heterocycles. The SMILES string of the molecule is Cc1cc(C(=O)Nc2ccc(Oc3ccc(F)cc3)nc2)c(C)n1-c1ccccn1. The fraction of sp³-hybridized carbons (Fsp3) is 0.0870. The van der Waals surface area contributed by atoms with Gasteiger partial charge in [0.25, 0.3) is 5.91 Å². The van der Waals surface area contributed by atoms with Gasteiger partial charge in [0, 0.05) is 23.7 Å². The number of nitrogens with zero attached hydrogens (tertiary/aromatic N) is 3. The van der Waals surface area contributed by atoms with Gasteiger partial charge >= 0.3 is 0 Å². The highest BCUT2D eigenvalue weighted by Gasteiger charge is 2.17. The number of hydrogen-bond donors (Lipinski definition) is 1. The summed E-state index contributed by atoms with van der Waals surface area (Å²) in [5.74, 6) is 1.00. The van der Waals surface area contributed by atoms with E-state index < -0.39 is 0 Å². The molecule has 0 aliphatic rings. The number of nitrogens with one attached hydrogen (secondary N) is 1. The van der Waals surface area contributed by atoms with E-state index in [1.54, 1.807) is 18.3 Å². The molecule has 0 atom stereocenters. The summed E-state index contributed by atoms with van der Waals surface area (Å²) >= 11 is 0. The topological polar surface area (TPSA) is 69.0 Å². The monoisotopic (exact) mass is 402 g/mol. The van der Waals surface area contributed by atoms with Crippen LogP contribution >= 0.6 is 0 Å². The van der Waals surface area contributed by atoms with Crippen molar-refractivity contribution in [1.82, 2.24) is 14.5 Å². The molecule has 150 valence electrons. The van der Waals surface area contributed by atoms with Crippen LogP contribution in [0.2, 0.25) is 0 Å². The molecule has 4 aromatic rings. The first-order chi connectivity index (χ1) is 14.5. The van der Waals surface area contributed by atoms with Gasteiger partial charge in [-0.05, 0) is 62.4 Å². The molecule has 4 rings (SSSR count). The quantitative estimate of drug-likeness (QED) is 0.506. The smallest absolute Gasteiger partial charge is 0.257 e. The maximum atomic E-state index is 13.0. The Kier molecular flexibility index (Phi) is 5.26. The number of amides is 1. The van der Waals surface area contributed by atoms with Crippen molar-refractivity contribution in [3.63, 3.8) is 0 Å². The van der Waals surface area contributed by atoms with Crippen LogP contribution in [0.5, 0.6) is 11.6 Å². The van der Waals surface area contributed by atoms with Crippen LogP contribution in [-0.4, -0.2) is 20.4 Å². The van der Waals surface area contributed by atoms with Crippen LogP contribution in [-0.2, 0) is 0 Å². The Morgan fingerprint density at radius 3 is 2.50 bits per heavy atom. The number of carbonyl (C=O) groups excluding carboxylic acids is 1. The average Bonchev–Trinajstić information content (AvgIpc) is 3.06. The fourth-order valence-corrected chi connectivity index (χ4v) is 3.17. The standard InChI is InChI=1S/C23H19FN4O2/c1-15-13-20(16(2)28(15)21-5-3-4-12-25-21)23(29)27-18-8-11-22(26-14-18)30-19-9-6-17(24)7-10-19/h3-14H,1-2H3,(H,27,29). The van der Waals surface area contributed by atoms with Crippen LogP contribution in [0.3, 0.4) is 0 Å². The van der Waals surface area contributed by atoms with Crippen LogP contribution < -0.4 is 10.1 Å². The van der Waals surface area contributed by atoms with E-state index >= 15 is 0 Å². The summed E-state index contributed by atoms with van der Waals surface area (Å²) in [7, 11) is 0. The lowest BCUT2D eigenvalue weighted by Gasteiger charge is -2.09. The third-order valence-corrected chi connectivity index (χ3v) is 4.58. The van der Waals surface area contributed by atoms with Gasteiger partial charge in [0.05, 0.1) is 17.4 Å². The third kappa shape index (κ3) is 4.05. The van der Waals surface area contributed by atoms with Gasteiger partial charge in [0.15, 0.2) is 0 Å². The predicted octanol–water partition coefficient (Wildman–Crippen LogP) is 5.07. The molecule has 3 heterocycles. The van der Waals surface area contributed by atoms with Gasteiger partial charge in [-0.2, -0.15) is 0 Å². The Morgan fingerprint density at radius 2 is 1.83 bits per heavy atom. The summed E-state index contributed by atoms with van der Waals surface area (Å²) in [6.45, 7) is 3.82. The summed E-state index contributed by atoms with van der Waals surface area (Å²) in [6.07, 6.45) is 3.23. The molecule has 1 N–H and O–H groups in total. The van der Waals surface area contributed by atoms with Gasteiger partial charge < -0.3 is 14.6 Å². The zero-order valence-corrected chi connectivity index (χ0v) is 16.5. The molecule has 0 saturated carbocycles. The predicted molar refractivity (Wildman–Crippen MR) is 112 cm³/mol. The van der Waals surface area contributed by atoms with Crippen LogP contribution in [0, 0.1) is 19.7 Å². The lowest BCUT2D eigenvalue weighted by molar-refractivity contribution is 0.102. The minimum atomic E-state index is -0.337. The molecule has 0 radical (unpaired) electrons. The number of halogens is 1. The molecule has 0 unspecified atom stereocenters. The number of aromatic nitrogens is 3. The van der Waals surface area contributed by atoms with Crippen molar-refractivity contribution >= 4 is 11.6 Å². The van der Waals surface area contributed by atoms with Crippen LogP contribution in [0.25, 0.3) is 5.82 Å². The summed E-state index contributed by atoms with van der Waals surface area (Å²) in [4.78, 5) is 21.4. The molecule has 0 aliphatic carbocycles. The number of hydrogen-bond acceptors (Lipinski definition) is 4. The van der Waals surface area contributed by atoms with E-state index in [-0.39, 0.29) is 11.7 Å². The van der Waals surface area contributed by atoms with Crippen molar-refractivity contribution in [3.05, 3.63) is 95.8 Å². The minimum absolute atomic E-state index is 0.237. The Balaban J connectivity index is 1.48. The molecule has 1 aromatic carbocycles. The van der Waals surface area contributed by atoms with E-state index in [2.05, 4.69) is 15.3 Å². The van der Waals surface area contributed by atoms with Crippen LogP contribution in [0.4, 0.5) is 10.1 Å². The van der Waals surface area contributed by atoms with Crippen molar-refractivity contribution in [1.29, 1.82) is 0 Å². The third-order valence-electron chi connectivity index (χ3n) is 4.58. The number of benzene rings is 1. The average molecular weight is 402 g/mol. The molecule has 6 nitrogen and oxygen atoms in total. The summed E-state index contributed by atoms with van der Waals surface area (Å²) < 4.78 is 20.5. The molecule has 0 aliphatic heterocycles. The number of ether oxygens (including phenoxy) is 1. The van der Waals surface area contributed by atoms with Crippen molar-refractivity contribution < 1.29 is 13.9 Å². The largest absolute Gasteiger partial charge is 0.439 e. The van der Waals surface area contributed by atoms with E-state index in [4.69, 9.17) is 4.74 Å². The normalized spacial score (nSPS) is 10.6. The number of aryl methyl sites for hydroxylation is 1. The van der Waals surface area contributed by atoms with E-state index in [0.717, 1.165) is 17.2 Å². The van der Waals surface area contributed by atoms with E-state index in [0.29, 0.717) is 22.9 Å². The van der Waals surface area contributed by atoms with Gasteiger partial charge in [-0.3, -0.25) is 4.79 Å². The Labute approximate surface area is 173 Å². The number of anilines is 1. The lowest BCUT2D eigenvalue weighted by Crippen LogP contribution is -2.13. The maximum Gasteiger partial charge on any atom is 0.257 e. The first-order valence-corrected chi connectivity index (χ1v) is 9.32. The van der Waals surface area contributed by atoms with Gasteiger partial charge in [-0.1, -0.05) is 6.07 Å². The first kappa shape index (κ1) is 19.3. The Bertz CT molecular complexity index is 1170. The zero-order valence-electron chi connectivity index (χ0n) is 16.5. The van der Waals surface area contributed by atoms with Gasteiger partial charge in [-0.25, -0.2) is 14.4 Å². The van der Waals surface area contributed by atoms with Gasteiger partial charge in [-0.15, -0.1) is 0 Å². The Hall–Kier alpha value is -4.00. The van der Waals surface area contributed by atoms with E-state index in [1.165, 1.54) is 30.5 Å². The van der Waals surface area contributed by atoms with Gasteiger partial charge in [0.1, 0.15) is 17.4 Å². The number of pyridine rings is 2. The molecule has 0 spiro atoms. The van der Waals surface area contributed by atoms with Crippen molar-refractivity contribution in [2.75, 3.05) is 5.32 Å². The number of rotatable bonds is 5. The van der Waals surface area contributed by atoms with Crippen molar-refractivity contribution in [2.24, 2.45) is 0 Å². The molecule has 0 saturated heterocycles. The molecule has 0 fully saturated rings. The van der Waals surface area contributed by atoms with Crippen molar-refractivity contribution in [2.45, 2.75) is 13.8 Å². The molecule has 30 heavy (non-hydrogen) atoms. The number of carbonyl (C=O) groups is 1. The van der Waals surface area contributed by atoms with Crippen LogP contribution in [0.15, 0.2) is 73.1 Å². The fourth-order valence-electron chi connectivity index (χ4n) is 3.17. The molecule has 1 amide bonds. The second kappa shape index (κ2) is 8.16. The van der Waals surface area contributed by atoms with Crippen LogP contribution in [0.1, 0.15) is 21.7 Å². The molecular formula is C23H19FN4O2. The highest BCUT2D eigenvalue weighted by Crippen LogP contribution is 2.23.